The number of benzene rings is 1. The van der Waals surface area contributed by atoms with Crippen molar-refractivity contribution >= 4 is 33.5 Å². The van der Waals surface area contributed by atoms with Crippen molar-refractivity contribution in [2.45, 2.75) is 39.2 Å². The first-order valence-electron chi connectivity index (χ1n) is 7.30. The van der Waals surface area contributed by atoms with Crippen molar-refractivity contribution in [2.75, 3.05) is 6.54 Å². The molecule has 6 heteroatoms. The van der Waals surface area contributed by atoms with Crippen molar-refractivity contribution in [3.05, 3.63) is 34.3 Å². The summed E-state index contributed by atoms with van der Waals surface area (Å²) in [6, 6.07) is 6.40. The van der Waals surface area contributed by atoms with Gasteiger partial charge in [-0.15, -0.1) is 0 Å². The van der Waals surface area contributed by atoms with Gasteiger partial charge in [0, 0.05) is 29.4 Å². The number of Topliss-reactive ketones (excluding diaryl/α,β-unsaturated/α-hetero) is 1. The minimum Gasteiger partial charge on any atom is -0.354 e. The fourth-order valence-corrected chi connectivity index (χ4v) is 2.05. The zero-order chi connectivity index (χ0) is 16.5. The molecule has 0 aliphatic carbocycles. The molecule has 0 fully saturated rings. The average Bonchev–Trinajstić information content (AvgIpc) is 2.50. The van der Waals surface area contributed by atoms with Gasteiger partial charge < -0.3 is 10.6 Å². The average molecular weight is 369 g/mol. The topological polar surface area (TPSA) is 75.3 Å². The highest BCUT2D eigenvalue weighted by Crippen LogP contribution is 2.12. The first kappa shape index (κ1) is 18.4. The summed E-state index contributed by atoms with van der Waals surface area (Å²) in [5.41, 5.74) is 0.574. The summed E-state index contributed by atoms with van der Waals surface area (Å²) in [4.78, 5) is 35.3. The quantitative estimate of drug-likeness (QED) is 0.692. The van der Waals surface area contributed by atoms with Crippen molar-refractivity contribution in [2.24, 2.45) is 0 Å². The van der Waals surface area contributed by atoms with E-state index in [1.54, 1.807) is 31.2 Å². The lowest BCUT2D eigenvalue weighted by Crippen LogP contribution is -2.45. The Kier molecular flexibility index (Phi) is 7.80. The van der Waals surface area contributed by atoms with Crippen molar-refractivity contribution in [3.63, 3.8) is 0 Å². The van der Waals surface area contributed by atoms with Crippen molar-refractivity contribution in [3.8, 4) is 0 Å². The maximum atomic E-state index is 11.9. The molecule has 0 heterocycles. The Labute approximate surface area is 139 Å². The molecule has 0 unspecified atom stereocenters. The highest BCUT2D eigenvalue weighted by Gasteiger charge is 2.16. The number of ketones is 1. The van der Waals surface area contributed by atoms with E-state index in [1.807, 2.05) is 6.92 Å². The lowest BCUT2D eigenvalue weighted by molar-refractivity contribution is -0.128. The van der Waals surface area contributed by atoms with Gasteiger partial charge in [-0.05, 0) is 25.5 Å². The third-order valence-corrected chi connectivity index (χ3v) is 3.59. The SMILES string of the molecule is CCCNC(=O)[C@@H](C)NC(=O)CCC(=O)c1ccc(Br)cc1. The molecule has 1 atom stereocenters. The number of rotatable bonds is 8. The maximum Gasteiger partial charge on any atom is 0.242 e. The maximum absolute atomic E-state index is 11.9. The van der Waals surface area contributed by atoms with Gasteiger partial charge in [-0.2, -0.15) is 0 Å². The van der Waals surface area contributed by atoms with Gasteiger partial charge in [-0.3, -0.25) is 14.4 Å². The van der Waals surface area contributed by atoms with Crippen molar-refractivity contribution in [1.82, 2.24) is 10.6 Å². The summed E-state index contributed by atoms with van der Waals surface area (Å²) in [7, 11) is 0. The predicted octanol–water partition coefficient (Wildman–Crippen LogP) is 2.44. The van der Waals surface area contributed by atoms with E-state index >= 15 is 0 Å². The van der Waals surface area contributed by atoms with Crippen molar-refractivity contribution < 1.29 is 14.4 Å². The van der Waals surface area contributed by atoms with Gasteiger partial charge in [-0.1, -0.05) is 35.0 Å². The summed E-state index contributed by atoms with van der Waals surface area (Å²) in [6.45, 7) is 4.16. The molecule has 22 heavy (non-hydrogen) atoms. The van der Waals surface area contributed by atoms with Crippen LogP contribution in [0.4, 0.5) is 0 Å². The van der Waals surface area contributed by atoms with E-state index in [9.17, 15) is 14.4 Å². The lowest BCUT2D eigenvalue weighted by Gasteiger charge is -2.13. The molecule has 0 saturated carbocycles. The molecule has 0 spiro atoms. The number of nitrogens with one attached hydrogen (secondary N) is 2. The number of amides is 2. The van der Waals surface area contributed by atoms with Crippen LogP contribution in [0.15, 0.2) is 28.7 Å². The van der Waals surface area contributed by atoms with Gasteiger partial charge in [0.1, 0.15) is 6.04 Å². The van der Waals surface area contributed by atoms with Gasteiger partial charge in [0.15, 0.2) is 5.78 Å². The second-order valence-electron chi connectivity index (χ2n) is 5.01. The summed E-state index contributed by atoms with van der Waals surface area (Å²) in [5, 5.41) is 5.30. The van der Waals surface area contributed by atoms with Crippen LogP contribution in [0, 0.1) is 0 Å². The van der Waals surface area contributed by atoms with Gasteiger partial charge in [0.05, 0.1) is 0 Å². The molecule has 5 nitrogen and oxygen atoms in total. The molecule has 0 radical (unpaired) electrons. The van der Waals surface area contributed by atoms with E-state index in [4.69, 9.17) is 0 Å². The largest absolute Gasteiger partial charge is 0.354 e. The van der Waals surface area contributed by atoms with Gasteiger partial charge in [-0.25, -0.2) is 0 Å². The van der Waals surface area contributed by atoms with Crippen LogP contribution in [0.2, 0.25) is 0 Å². The first-order chi connectivity index (χ1) is 10.4. The Bertz CT molecular complexity index is 529. The Hall–Kier alpha value is -1.69. The van der Waals surface area contributed by atoms with E-state index in [1.165, 1.54) is 0 Å². The Morgan fingerprint density at radius 1 is 1.14 bits per heavy atom. The minimum absolute atomic E-state index is 0.0697. The van der Waals surface area contributed by atoms with Crippen LogP contribution in [0.1, 0.15) is 43.5 Å². The Morgan fingerprint density at radius 3 is 2.36 bits per heavy atom. The van der Waals surface area contributed by atoms with Crippen molar-refractivity contribution in [1.29, 1.82) is 0 Å². The number of halogens is 1. The normalized spacial score (nSPS) is 11.6. The fourth-order valence-electron chi connectivity index (χ4n) is 1.79. The molecule has 1 rings (SSSR count). The molecular weight excluding hydrogens is 348 g/mol. The van der Waals surface area contributed by atoms with Crippen LogP contribution in [-0.2, 0) is 9.59 Å². The molecule has 0 aliphatic rings. The van der Waals surface area contributed by atoms with E-state index in [0.717, 1.165) is 10.9 Å². The smallest absolute Gasteiger partial charge is 0.242 e. The van der Waals surface area contributed by atoms with Crippen LogP contribution < -0.4 is 10.6 Å². The Morgan fingerprint density at radius 2 is 1.77 bits per heavy atom. The zero-order valence-electron chi connectivity index (χ0n) is 12.8. The number of hydrogen-bond acceptors (Lipinski definition) is 3. The van der Waals surface area contributed by atoms with Gasteiger partial charge in [0.25, 0.3) is 0 Å². The molecule has 0 saturated heterocycles. The standard InChI is InChI=1S/C16H21BrN2O3/c1-3-10-18-16(22)11(2)19-15(21)9-8-14(20)12-4-6-13(17)7-5-12/h4-7,11H,3,8-10H2,1-2H3,(H,18,22)(H,19,21)/t11-/m1/s1. The molecule has 1 aromatic carbocycles. The Balaban J connectivity index is 2.37. The number of hydrogen-bond donors (Lipinski definition) is 2. The molecule has 1 aromatic rings. The van der Waals surface area contributed by atoms with E-state index in [2.05, 4.69) is 26.6 Å². The lowest BCUT2D eigenvalue weighted by atomic mass is 10.1. The summed E-state index contributed by atoms with van der Waals surface area (Å²) in [6.07, 6.45) is 1.03. The second-order valence-corrected chi connectivity index (χ2v) is 5.93. The monoisotopic (exact) mass is 368 g/mol. The number of carbonyl (C=O) groups excluding carboxylic acids is 3. The molecular formula is C16H21BrN2O3. The molecule has 120 valence electrons. The summed E-state index contributed by atoms with van der Waals surface area (Å²) in [5.74, 6) is -0.607. The van der Waals surface area contributed by atoms with Crippen LogP contribution in [0.3, 0.4) is 0 Å². The summed E-state index contributed by atoms with van der Waals surface area (Å²) < 4.78 is 0.897. The first-order valence-corrected chi connectivity index (χ1v) is 8.09. The highest BCUT2D eigenvalue weighted by atomic mass is 79.9. The second kappa shape index (κ2) is 9.35. The van der Waals surface area contributed by atoms with Gasteiger partial charge in [0.2, 0.25) is 11.8 Å². The molecule has 2 amide bonds. The third kappa shape index (κ3) is 6.39. The molecule has 0 aromatic heterocycles. The molecule has 0 bridgehead atoms. The highest BCUT2D eigenvalue weighted by molar-refractivity contribution is 9.10. The van der Waals surface area contributed by atoms with Crippen LogP contribution in [0.5, 0.6) is 0 Å². The zero-order valence-corrected chi connectivity index (χ0v) is 14.4. The van der Waals surface area contributed by atoms with Crippen LogP contribution in [0.25, 0.3) is 0 Å². The predicted molar refractivity (Wildman–Crippen MR) is 88.6 cm³/mol. The third-order valence-electron chi connectivity index (χ3n) is 3.07. The summed E-state index contributed by atoms with van der Waals surface area (Å²) >= 11 is 3.30. The van der Waals surface area contributed by atoms with E-state index in [0.29, 0.717) is 12.1 Å². The van der Waals surface area contributed by atoms with Crippen LogP contribution >= 0.6 is 15.9 Å². The fraction of sp³-hybridized carbons (Fsp3) is 0.438. The minimum atomic E-state index is -0.596. The molecule has 0 aliphatic heterocycles. The van der Waals surface area contributed by atoms with E-state index in [-0.39, 0.29) is 30.4 Å². The van der Waals surface area contributed by atoms with Crippen LogP contribution in [-0.4, -0.2) is 30.2 Å². The van der Waals surface area contributed by atoms with Gasteiger partial charge >= 0.3 is 0 Å². The molecule has 2 N–H and O–H groups in total. The number of carbonyl (C=O) groups is 3. The van der Waals surface area contributed by atoms with E-state index < -0.39 is 6.04 Å².